The lowest BCUT2D eigenvalue weighted by Gasteiger charge is -2.34. The summed E-state index contributed by atoms with van der Waals surface area (Å²) < 4.78 is 11.1. The molecule has 12 nitrogen and oxygen atoms in total. The van der Waals surface area contributed by atoms with Crippen molar-refractivity contribution in [1.82, 2.24) is 30.6 Å². The van der Waals surface area contributed by atoms with E-state index in [2.05, 4.69) is 26.8 Å². The van der Waals surface area contributed by atoms with Gasteiger partial charge in [0.05, 0.1) is 0 Å². The Hall–Kier alpha value is -5.78. The van der Waals surface area contributed by atoms with Crippen molar-refractivity contribution in [2.45, 2.75) is 64.1 Å². The van der Waals surface area contributed by atoms with Crippen molar-refractivity contribution in [2.24, 2.45) is 5.92 Å². The topological polar surface area (TPSA) is 147 Å². The number of likely N-dealkylation sites (N-methyl/N-ethyl adjacent to an activating group) is 1. The van der Waals surface area contributed by atoms with E-state index in [1.807, 2.05) is 99.6 Å². The number of fused-ring (bicyclic) bond motifs is 2. The predicted molar refractivity (Wildman–Crippen MR) is 201 cm³/mol. The fraction of sp³-hybridized carbons (Fsp3) is 0.366. The van der Waals surface area contributed by atoms with Gasteiger partial charge in [-0.05, 0) is 66.3 Å². The van der Waals surface area contributed by atoms with Crippen LogP contribution in [0.5, 0.6) is 0 Å². The highest BCUT2D eigenvalue weighted by molar-refractivity contribution is 5.91. The van der Waals surface area contributed by atoms with Crippen molar-refractivity contribution in [3.63, 3.8) is 0 Å². The average Bonchev–Trinajstić information content (AvgIpc) is 3.65. The number of carbonyl (C=O) groups excluding carboxylic acids is 4. The standard InChI is InChI=1S/C41H46N6O6/c1-41(2,3)52-40(51)47-20-18-30(19-21-47)36(48)43-33(24-26-14-16-28-10-6-8-12-31(28)22-26)39(50)46(5)34(38-44-35(45-53-38)37(49)42-4)25-27-15-17-29-11-7-9-13-32(29)23-27/h6-17,22-23,30,33-34H,18-21,24-25H2,1-5H3,(H,42,49)(H,43,48). The molecule has 0 radical (unpaired) electrons. The Morgan fingerprint density at radius 1 is 0.868 bits per heavy atom. The van der Waals surface area contributed by atoms with Crippen LogP contribution in [0.25, 0.3) is 21.5 Å². The number of aromatic nitrogens is 2. The minimum atomic E-state index is -0.946. The Kier molecular flexibility index (Phi) is 11.1. The van der Waals surface area contributed by atoms with Crippen LogP contribution in [-0.4, -0.2) is 82.6 Å². The molecule has 1 aromatic heterocycles. The van der Waals surface area contributed by atoms with E-state index in [4.69, 9.17) is 9.26 Å². The van der Waals surface area contributed by atoms with E-state index in [9.17, 15) is 19.2 Å². The van der Waals surface area contributed by atoms with Gasteiger partial charge in [0.1, 0.15) is 17.7 Å². The maximum Gasteiger partial charge on any atom is 0.410 e. The van der Waals surface area contributed by atoms with E-state index in [1.165, 1.54) is 11.9 Å². The summed E-state index contributed by atoms with van der Waals surface area (Å²) in [6.45, 7) is 6.20. The highest BCUT2D eigenvalue weighted by Crippen LogP contribution is 2.28. The van der Waals surface area contributed by atoms with Crippen LogP contribution in [0, 0.1) is 5.92 Å². The zero-order valence-electron chi connectivity index (χ0n) is 30.8. The second-order valence-electron chi connectivity index (χ2n) is 14.6. The zero-order chi connectivity index (χ0) is 37.7. The van der Waals surface area contributed by atoms with Gasteiger partial charge in [-0.15, -0.1) is 0 Å². The number of rotatable bonds is 10. The monoisotopic (exact) mass is 718 g/mol. The number of benzene rings is 4. The molecule has 6 rings (SSSR count). The molecule has 4 aromatic carbocycles. The molecule has 0 saturated carbocycles. The zero-order valence-corrected chi connectivity index (χ0v) is 30.8. The highest BCUT2D eigenvalue weighted by Gasteiger charge is 2.36. The van der Waals surface area contributed by atoms with Crippen LogP contribution >= 0.6 is 0 Å². The number of ether oxygens (including phenoxy) is 1. The van der Waals surface area contributed by atoms with Gasteiger partial charge in [0.25, 0.3) is 11.7 Å². The number of piperidine rings is 1. The number of likely N-dealkylation sites (tertiary alicyclic amines) is 1. The molecule has 0 bridgehead atoms. The third-order valence-electron chi connectivity index (χ3n) is 9.60. The van der Waals surface area contributed by atoms with E-state index < -0.39 is 35.6 Å². The van der Waals surface area contributed by atoms with Gasteiger partial charge < -0.3 is 29.7 Å². The minimum absolute atomic E-state index is 0.0953. The molecule has 1 saturated heterocycles. The minimum Gasteiger partial charge on any atom is -0.444 e. The maximum atomic E-state index is 14.7. The predicted octanol–water partition coefficient (Wildman–Crippen LogP) is 5.85. The molecule has 4 amide bonds. The van der Waals surface area contributed by atoms with Crippen molar-refractivity contribution >= 4 is 45.4 Å². The summed E-state index contributed by atoms with van der Waals surface area (Å²) in [5, 5.41) is 13.7. The van der Waals surface area contributed by atoms with Gasteiger partial charge in [0.2, 0.25) is 17.7 Å². The van der Waals surface area contributed by atoms with E-state index in [1.54, 1.807) is 11.9 Å². The smallest absolute Gasteiger partial charge is 0.410 e. The van der Waals surface area contributed by atoms with Crippen molar-refractivity contribution in [2.75, 3.05) is 27.2 Å². The van der Waals surface area contributed by atoms with E-state index in [-0.39, 0.29) is 30.0 Å². The molecule has 1 aliphatic rings. The highest BCUT2D eigenvalue weighted by atomic mass is 16.6. The normalized spacial score (nSPS) is 14.8. The molecule has 2 atom stereocenters. The van der Waals surface area contributed by atoms with E-state index in [0.29, 0.717) is 32.4 Å². The molecule has 0 spiro atoms. The number of nitrogens with one attached hydrogen (secondary N) is 2. The van der Waals surface area contributed by atoms with Crippen LogP contribution in [0.2, 0.25) is 0 Å². The molecule has 53 heavy (non-hydrogen) atoms. The maximum absolute atomic E-state index is 14.7. The average molecular weight is 719 g/mol. The van der Waals surface area contributed by atoms with Gasteiger partial charge in [-0.25, -0.2) is 4.79 Å². The molecular weight excluding hydrogens is 672 g/mol. The fourth-order valence-corrected chi connectivity index (χ4v) is 6.69. The molecular formula is C41H46N6O6. The number of amides is 4. The van der Waals surface area contributed by atoms with Crippen LogP contribution in [0.15, 0.2) is 89.5 Å². The summed E-state index contributed by atoms with van der Waals surface area (Å²) in [5.41, 5.74) is 1.17. The SMILES string of the molecule is CNC(=O)c1noc(C(Cc2ccc3ccccc3c2)N(C)C(=O)C(Cc2ccc3ccccc3c2)NC(=O)C2CCN(C(=O)OC(C)(C)C)CC2)n1. The van der Waals surface area contributed by atoms with E-state index in [0.717, 1.165) is 32.7 Å². The van der Waals surface area contributed by atoms with Gasteiger partial charge in [-0.3, -0.25) is 14.4 Å². The lowest BCUT2D eigenvalue weighted by atomic mass is 9.94. The largest absolute Gasteiger partial charge is 0.444 e. The molecule has 1 fully saturated rings. The fourth-order valence-electron chi connectivity index (χ4n) is 6.69. The molecule has 5 aromatic rings. The first kappa shape index (κ1) is 37.0. The van der Waals surface area contributed by atoms with Crippen molar-refractivity contribution in [3.05, 3.63) is 108 Å². The molecule has 12 heteroatoms. The summed E-state index contributed by atoms with van der Waals surface area (Å²) in [7, 11) is 3.12. The van der Waals surface area contributed by atoms with Crippen LogP contribution in [-0.2, 0) is 27.2 Å². The summed E-state index contributed by atoms with van der Waals surface area (Å²) in [4.78, 5) is 61.2. The molecule has 276 valence electrons. The van der Waals surface area contributed by atoms with Gasteiger partial charge in [0, 0.05) is 45.9 Å². The first-order chi connectivity index (χ1) is 25.4. The summed E-state index contributed by atoms with van der Waals surface area (Å²) in [6.07, 6.45) is 1.01. The van der Waals surface area contributed by atoms with Crippen molar-refractivity contribution in [1.29, 1.82) is 0 Å². The van der Waals surface area contributed by atoms with Crippen LogP contribution in [0.4, 0.5) is 4.79 Å². The second kappa shape index (κ2) is 15.9. The molecule has 2 unspecified atom stereocenters. The summed E-state index contributed by atoms with van der Waals surface area (Å²) >= 11 is 0. The van der Waals surface area contributed by atoms with Crippen molar-refractivity contribution in [3.8, 4) is 0 Å². The van der Waals surface area contributed by atoms with Crippen LogP contribution in [0.1, 0.15) is 67.3 Å². The Bertz CT molecular complexity index is 2110. The molecule has 1 aliphatic heterocycles. The Morgan fingerprint density at radius 2 is 1.43 bits per heavy atom. The number of carbonyl (C=O) groups is 4. The molecule has 2 heterocycles. The second-order valence-corrected chi connectivity index (χ2v) is 14.6. The number of hydrogen-bond acceptors (Lipinski definition) is 8. The van der Waals surface area contributed by atoms with Crippen molar-refractivity contribution < 1.29 is 28.4 Å². The Balaban J connectivity index is 1.27. The lowest BCUT2D eigenvalue weighted by molar-refractivity contribution is -0.139. The molecule has 0 aliphatic carbocycles. The first-order valence-corrected chi connectivity index (χ1v) is 17.9. The van der Waals surface area contributed by atoms with Gasteiger partial charge in [-0.2, -0.15) is 4.98 Å². The van der Waals surface area contributed by atoms with Gasteiger partial charge in [-0.1, -0.05) is 90.1 Å². The number of hydrogen-bond donors (Lipinski definition) is 2. The van der Waals surface area contributed by atoms with E-state index >= 15 is 0 Å². The Labute approximate surface area is 308 Å². The van der Waals surface area contributed by atoms with Crippen LogP contribution in [0.3, 0.4) is 0 Å². The van der Waals surface area contributed by atoms with Gasteiger partial charge in [0.15, 0.2) is 0 Å². The third kappa shape index (κ3) is 9.00. The number of nitrogens with zero attached hydrogens (tertiary/aromatic N) is 4. The van der Waals surface area contributed by atoms with Gasteiger partial charge >= 0.3 is 6.09 Å². The summed E-state index contributed by atoms with van der Waals surface area (Å²) in [6, 6.07) is 26.3. The lowest BCUT2D eigenvalue weighted by Crippen LogP contribution is -2.52. The third-order valence-corrected chi connectivity index (χ3v) is 9.60. The Morgan fingerprint density at radius 3 is 2.00 bits per heavy atom. The molecule has 2 N–H and O–H groups in total. The quantitative estimate of drug-likeness (QED) is 0.183. The summed E-state index contributed by atoms with van der Waals surface area (Å²) in [5.74, 6) is -1.58. The van der Waals surface area contributed by atoms with Crippen LogP contribution < -0.4 is 10.6 Å². The first-order valence-electron chi connectivity index (χ1n) is 17.9.